The molecular weight excluding hydrogens is 320 g/mol. The molecule has 0 saturated carbocycles. The lowest BCUT2D eigenvalue weighted by Gasteiger charge is -2.26. The predicted octanol–water partition coefficient (Wildman–Crippen LogP) is 1.87. The van der Waals surface area contributed by atoms with Crippen molar-refractivity contribution in [1.29, 1.82) is 0 Å². The van der Waals surface area contributed by atoms with Gasteiger partial charge in [0.25, 0.3) is 0 Å². The number of amides is 1. The fourth-order valence-corrected chi connectivity index (χ4v) is 6.98. The third-order valence-electron chi connectivity index (χ3n) is 3.95. The number of fused-ring (bicyclic) bond motifs is 1. The SMILES string of the molecule is CCc1ccccc1N1C(=NC(C)=O)S[C@@H]2CS(=O)(=O)C[C@@H]21. The first-order valence-corrected chi connectivity index (χ1v) is 9.95. The Kier molecular flexibility index (Phi) is 4.03. The quantitative estimate of drug-likeness (QED) is 0.823. The van der Waals surface area contributed by atoms with Crippen LogP contribution in [0.25, 0.3) is 0 Å². The minimum absolute atomic E-state index is 0.0481. The second-order valence-corrected chi connectivity index (χ2v) is 8.93. The maximum absolute atomic E-state index is 12.0. The number of rotatable bonds is 2. The summed E-state index contributed by atoms with van der Waals surface area (Å²) in [6.07, 6.45) is 0.842. The van der Waals surface area contributed by atoms with Gasteiger partial charge in [-0.05, 0) is 18.1 Å². The van der Waals surface area contributed by atoms with Crippen molar-refractivity contribution < 1.29 is 13.2 Å². The van der Waals surface area contributed by atoms with Crippen molar-refractivity contribution in [2.24, 2.45) is 4.99 Å². The number of amidine groups is 1. The van der Waals surface area contributed by atoms with E-state index in [1.165, 1.54) is 18.7 Å². The lowest BCUT2D eigenvalue weighted by Crippen LogP contribution is -2.38. The molecule has 1 amide bonds. The molecule has 0 aliphatic carbocycles. The van der Waals surface area contributed by atoms with Crippen LogP contribution in [0.5, 0.6) is 0 Å². The van der Waals surface area contributed by atoms with E-state index in [0.29, 0.717) is 5.17 Å². The van der Waals surface area contributed by atoms with Crippen LogP contribution in [0.2, 0.25) is 0 Å². The molecule has 2 aliphatic rings. The summed E-state index contributed by atoms with van der Waals surface area (Å²) in [5.41, 5.74) is 2.09. The Labute approximate surface area is 134 Å². The molecule has 2 saturated heterocycles. The van der Waals surface area contributed by atoms with E-state index in [9.17, 15) is 13.2 Å². The second kappa shape index (κ2) is 5.70. The van der Waals surface area contributed by atoms with E-state index in [1.54, 1.807) is 0 Å². The number of sulfone groups is 1. The van der Waals surface area contributed by atoms with E-state index < -0.39 is 9.84 Å². The maximum Gasteiger partial charge on any atom is 0.244 e. The minimum atomic E-state index is -3.02. The third-order valence-corrected chi connectivity index (χ3v) is 7.16. The Morgan fingerprint density at radius 2 is 2.09 bits per heavy atom. The monoisotopic (exact) mass is 338 g/mol. The number of thioether (sulfide) groups is 1. The zero-order chi connectivity index (χ0) is 15.9. The Morgan fingerprint density at radius 3 is 2.77 bits per heavy atom. The van der Waals surface area contributed by atoms with Crippen LogP contribution in [0.3, 0.4) is 0 Å². The van der Waals surface area contributed by atoms with Crippen LogP contribution in [-0.2, 0) is 21.1 Å². The Balaban J connectivity index is 2.08. The number of para-hydroxylation sites is 1. The predicted molar refractivity (Wildman–Crippen MR) is 90.2 cm³/mol. The number of aryl methyl sites for hydroxylation is 1. The van der Waals surface area contributed by atoms with Gasteiger partial charge in [-0.3, -0.25) is 4.79 Å². The summed E-state index contributed by atoms with van der Waals surface area (Å²) >= 11 is 1.41. The van der Waals surface area contributed by atoms with Gasteiger partial charge in [-0.25, -0.2) is 8.42 Å². The molecular formula is C15H18N2O3S2. The van der Waals surface area contributed by atoms with Gasteiger partial charge in [-0.15, -0.1) is 0 Å². The summed E-state index contributed by atoms with van der Waals surface area (Å²) in [4.78, 5) is 17.5. The first-order valence-electron chi connectivity index (χ1n) is 7.25. The molecule has 3 rings (SSSR count). The average Bonchev–Trinajstić information content (AvgIpc) is 2.89. The fraction of sp³-hybridized carbons (Fsp3) is 0.467. The number of hydrogen-bond donors (Lipinski definition) is 0. The van der Waals surface area contributed by atoms with Gasteiger partial charge < -0.3 is 4.90 Å². The van der Waals surface area contributed by atoms with Crippen molar-refractivity contribution in [3.8, 4) is 0 Å². The van der Waals surface area contributed by atoms with Crippen LogP contribution >= 0.6 is 11.8 Å². The van der Waals surface area contributed by atoms with Crippen molar-refractivity contribution in [2.45, 2.75) is 31.6 Å². The van der Waals surface area contributed by atoms with Gasteiger partial charge >= 0.3 is 0 Å². The van der Waals surface area contributed by atoms with Gasteiger partial charge in [0, 0.05) is 17.9 Å². The summed E-state index contributed by atoms with van der Waals surface area (Å²) in [5, 5.41) is 0.575. The van der Waals surface area contributed by atoms with Crippen molar-refractivity contribution in [2.75, 3.05) is 16.4 Å². The van der Waals surface area contributed by atoms with Crippen molar-refractivity contribution in [3.63, 3.8) is 0 Å². The fourth-order valence-electron chi connectivity index (χ4n) is 3.03. The summed E-state index contributed by atoms with van der Waals surface area (Å²) in [6.45, 7) is 3.48. The molecule has 5 nitrogen and oxygen atoms in total. The Hall–Kier alpha value is -1.34. The highest BCUT2D eigenvalue weighted by atomic mass is 32.2. The van der Waals surface area contributed by atoms with Gasteiger partial charge in [0.15, 0.2) is 15.0 Å². The van der Waals surface area contributed by atoms with E-state index in [1.807, 2.05) is 29.2 Å². The van der Waals surface area contributed by atoms with E-state index in [4.69, 9.17) is 0 Å². The molecule has 1 aromatic carbocycles. The number of anilines is 1. The Bertz CT molecular complexity index is 743. The molecule has 2 atom stereocenters. The molecule has 0 radical (unpaired) electrons. The van der Waals surface area contributed by atoms with E-state index in [2.05, 4.69) is 11.9 Å². The summed E-state index contributed by atoms with van der Waals surface area (Å²) in [6, 6.07) is 7.77. The molecule has 7 heteroatoms. The molecule has 0 N–H and O–H groups in total. The normalized spacial score (nSPS) is 28.1. The van der Waals surface area contributed by atoms with Crippen molar-refractivity contribution in [3.05, 3.63) is 29.8 Å². The average molecular weight is 338 g/mol. The largest absolute Gasteiger partial charge is 0.315 e. The zero-order valence-corrected chi connectivity index (χ0v) is 14.2. The zero-order valence-electron chi connectivity index (χ0n) is 12.5. The van der Waals surface area contributed by atoms with Crippen LogP contribution in [0.1, 0.15) is 19.4 Å². The van der Waals surface area contributed by atoms with E-state index in [0.717, 1.165) is 17.7 Å². The number of nitrogens with zero attached hydrogens (tertiary/aromatic N) is 2. The molecule has 0 spiro atoms. The molecule has 1 aromatic rings. The lowest BCUT2D eigenvalue weighted by molar-refractivity contribution is -0.115. The molecule has 2 fully saturated rings. The summed E-state index contributed by atoms with van der Waals surface area (Å²) in [7, 11) is -3.02. The van der Waals surface area contributed by atoms with E-state index in [-0.39, 0.29) is 28.7 Å². The second-order valence-electron chi connectivity index (χ2n) is 5.57. The molecule has 22 heavy (non-hydrogen) atoms. The highest BCUT2D eigenvalue weighted by Gasteiger charge is 2.49. The third kappa shape index (κ3) is 2.79. The van der Waals surface area contributed by atoms with Crippen LogP contribution < -0.4 is 4.90 Å². The van der Waals surface area contributed by atoms with Gasteiger partial charge in [0.05, 0.1) is 17.5 Å². The van der Waals surface area contributed by atoms with E-state index >= 15 is 0 Å². The molecule has 0 bridgehead atoms. The van der Waals surface area contributed by atoms with Crippen molar-refractivity contribution >= 4 is 38.4 Å². The number of carbonyl (C=O) groups excluding carboxylic acids is 1. The number of benzene rings is 1. The number of carbonyl (C=O) groups is 1. The molecule has 118 valence electrons. The minimum Gasteiger partial charge on any atom is -0.315 e. The van der Waals surface area contributed by atoms with Gasteiger partial charge in [0.2, 0.25) is 5.91 Å². The maximum atomic E-state index is 12.0. The molecule has 0 aromatic heterocycles. The van der Waals surface area contributed by atoms with Crippen LogP contribution in [-0.4, -0.2) is 42.3 Å². The molecule has 2 heterocycles. The summed E-state index contributed by atoms with van der Waals surface area (Å²) in [5.74, 6) is 0.0215. The van der Waals surface area contributed by atoms with Crippen molar-refractivity contribution in [1.82, 2.24) is 0 Å². The smallest absolute Gasteiger partial charge is 0.244 e. The van der Waals surface area contributed by atoms with Gasteiger partial charge in [-0.2, -0.15) is 4.99 Å². The highest BCUT2D eigenvalue weighted by Crippen LogP contribution is 2.42. The standard InChI is InChI=1S/C15H18N2O3S2/c1-3-11-6-4-5-7-12(11)17-13-8-22(19,20)9-14(13)21-15(17)16-10(2)18/h4-7,13-14H,3,8-9H2,1-2H3/t13-,14+/m0/s1. The molecule has 2 aliphatic heterocycles. The highest BCUT2D eigenvalue weighted by molar-refractivity contribution is 8.16. The number of aliphatic imine (C=N–C) groups is 1. The van der Waals surface area contributed by atoms with Crippen LogP contribution in [0.4, 0.5) is 5.69 Å². The first kappa shape index (κ1) is 15.6. The topological polar surface area (TPSA) is 66.8 Å². The molecule has 0 unspecified atom stereocenters. The summed E-state index contributed by atoms with van der Waals surface area (Å²) < 4.78 is 23.9. The van der Waals surface area contributed by atoms with Crippen LogP contribution in [0.15, 0.2) is 29.3 Å². The number of hydrogen-bond acceptors (Lipinski definition) is 4. The van der Waals surface area contributed by atoms with Crippen LogP contribution in [0, 0.1) is 0 Å². The van der Waals surface area contributed by atoms with Gasteiger partial charge in [-0.1, -0.05) is 36.9 Å². The van der Waals surface area contributed by atoms with Gasteiger partial charge in [0.1, 0.15) is 0 Å². The first-order chi connectivity index (χ1) is 10.4. The Morgan fingerprint density at radius 1 is 1.36 bits per heavy atom. The lowest BCUT2D eigenvalue weighted by atomic mass is 10.1.